The van der Waals surface area contributed by atoms with E-state index in [-0.39, 0.29) is 23.8 Å². The Kier molecular flexibility index (Phi) is 5.54. The Bertz CT molecular complexity index is 1220. The number of hydrogen-bond acceptors (Lipinski definition) is 5. The van der Waals surface area contributed by atoms with E-state index in [1.807, 2.05) is 47.4 Å². The predicted molar refractivity (Wildman–Crippen MR) is 125 cm³/mol. The fraction of sp³-hybridized carbons (Fsp3) is 0.308. The van der Waals surface area contributed by atoms with Crippen molar-refractivity contribution in [3.63, 3.8) is 0 Å². The Balaban J connectivity index is 1.42. The molecule has 0 aliphatic carbocycles. The van der Waals surface area contributed by atoms with E-state index in [2.05, 4.69) is 0 Å². The van der Waals surface area contributed by atoms with E-state index in [0.29, 0.717) is 37.6 Å². The van der Waals surface area contributed by atoms with Gasteiger partial charge in [0.15, 0.2) is 11.5 Å². The molecule has 2 heterocycles. The van der Waals surface area contributed by atoms with Gasteiger partial charge in [-0.05, 0) is 52.9 Å². The van der Waals surface area contributed by atoms with Crippen molar-refractivity contribution in [2.24, 2.45) is 0 Å². The first-order valence-electron chi connectivity index (χ1n) is 11.2. The van der Waals surface area contributed by atoms with Crippen LogP contribution in [-0.4, -0.2) is 66.3 Å². The second kappa shape index (κ2) is 8.65. The average molecular weight is 447 g/mol. The zero-order chi connectivity index (χ0) is 22.9. The number of ether oxygens (including phenoxy) is 2. The maximum absolute atomic E-state index is 13.5. The van der Waals surface area contributed by atoms with Gasteiger partial charge in [-0.2, -0.15) is 0 Å². The van der Waals surface area contributed by atoms with Crippen LogP contribution in [0, 0.1) is 0 Å². The summed E-state index contributed by atoms with van der Waals surface area (Å²) in [7, 11) is 1.52. The fourth-order valence-electron chi connectivity index (χ4n) is 4.87. The molecule has 1 N–H and O–H groups in total. The van der Waals surface area contributed by atoms with Crippen molar-refractivity contribution in [3.05, 3.63) is 60.2 Å². The van der Waals surface area contributed by atoms with Crippen molar-refractivity contribution >= 4 is 22.8 Å². The molecular formula is C26H26N2O5. The van der Waals surface area contributed by atoms with Crippen LogP contribution < -0.4 is 4.74 Å². The van der Waals surface area contributed by atoms with Crippen LogP contribution in [0.3, 0.4) is 0 Å². The number of benzene rings is 3. The molecule has 0 radical (unpaired) electrons. The maximum Gasteiger partial charge on any atom is 0.410 e. The minimum atomic E-state index is -0.243. The van der Waals surface area contributed by atoms with Crippen LogP contribution in [-0.2, 0) is 4.74 Å². The number of methoxy groups -OCH3 is 1. The lowest BCUT2D eigenvalue weighted by atomic mass is 9.93. The number of amides is 2. The van der Waals surface area contributed by atoms with Crippen LogP contribution in [0.1, 0.15) is 23.2 Å². The normalized spacial score (nSPS) is 16.8. The van der Waals surface area contributed by atoms with Crippen LogP contribution >= 0.6 is 0 Å². The van der Waals surface area contributed by atoms with Gasteiger partial charge in [-0.15, -0.1) is 0 Å². The number of fused-ring (bicyclic) bond motifs is 1. The molecule has 7 heteroatoms. The standard InChI is InChI=1S/C26H26N2O5/c1-32-24-16-17(6-9-23(24)29)19-7-8-22(21-5-3-2-4-20(19)21)25(30)27-12-10-18(11-13-27)28-14-15-33-26(28)31/h2-9,16,18,29H,10-15H2,1H3. The lowest BCUT2D eigenvalue weighted by Gasteiger charge is -2.35. The summed E-state index contributed by atoms with van der Waals surface area (Å²) in [4.78, 5) is 29.0. The van der Waals surface area contributed by atoms with Crippen LogP contribution in [0.2, 0.25) is 0 Å². The number of hydrogen-bond donors (Lipinski definition) is 1. The second-order valence-electron chi connectivity index (χ2n) is 8.42. The van der Waals surface area contributed by atoms with E-state index in [1.54, 1.807) is 17.0 Å². The fourth-order valence-corrected chi connectivity index (χ4v) is 4.87. The maximum atomic E-state index is 13.5. The van der Waals surface area contributed by atoms with E-state index >= 15 is 0 Å². The molecule has 2 aliphatic rings. The smallest absolute Gasteiger partial charge is 0.410 e. The number of carbonyl (C=O) groups is 2. The molecule has 0 saturated carbocycles. The van der Waals surface area contributed by atoms with Gasteiger partial charge in [0.1, 0.15) is 6.61 Å². The summed E-state index contributed by atoms with van der Waals surface area (Å²) in [6.07, 6.45) is 1.26. The van der Waals surface area contributed by atoms with E-state index in [0.717, 1.165) is 34.7 Å². The van der Waals surface area contributed by atoms with Crippen LogP contribution in [0.15, 0.2) is 54.6 Å². The van der Waals surface area contributed by atoms with E-state index in [9.17, 15) is 14.7 Å². The Morgan fingerprint density at radius 1 is 1.03 bits per heavy atom. The van der Waals surface area contributed by atoms with Crippen LogP contribution in [0.5, 0.6) is 11.5 Å². The summed E-state index contributed by atoms with van der Waals surface area (Å²) >= 11 is 0. The van der Waals surface area contributed by atoms with Gasteiger partial charge in [0.25, 0.3) is 5.91 Å². The van der Waals surface area contributed by atoms with E-state index in [4.69, 9.17) is 9.47 Å². The highest BCUT2D eigenvalue weighted by Gasteiger charge is 2.33. The SMILES string of the molecule is COc1cc(-c2ccc(C(=O)N3CCC(N4CCOC4=O)CC3)c3ccccc23)ccc1O. The van der Waals surface area contributed by atoms with Gasteiger partial charge in [0.05, 0.1) is 13.7 Å². The first-order valence-corrected chi connectivity index (χ1v) is 11.2. The molecule has 2 amide bonds. The van der Waals surface area contributed by atoms with Crippen molar-refractivity contribution in [1.29, 1.82) is 0 Å². The monoisotopic (exact) mass is 446 g/mol. The molecule has 33 heavy (non-hydrogen) atoms. The number of rotatable bonds is 4. The minimum Gasteiger partial charge on any atom is -0.504 e. The molecule has 5 rings (SSSR count). The molecule has 0 spiro atoms. The van der Waals surface area contributed by atoms with Gasteiger partial charge in [-0.25, -0.2) is 4.79 Å². The zero-order valence-corrected chi connectivity index (χ0v) is 18.5. The van der Waals surface area contributed by atoms with Crippen LogP contribution in [0.25, 0.3) is 21.9 Å². The highest BCUT2D eigenvalue weighted by Crippen LogP contribution is 2.36. The molecule has 170 valence electrons. The summed E-state index contributed by atoms with van der Waals surface area (Å²) in [5.74, 6) is 0.493. The number of piperidine rings is 1. The molecule has 3 aromatic carbocycles. The van der Waals surface area contributed by atoms with E-state index in [1.165, 1.54) is 7.11 Å². The van der Waals surface area contributed by atoms with Crippen molar-refractivity contribution in [1.82, 2.24) is 9.80 Å². The Morgan fingerprint density at radius 3 is 2.48 bits per heavy atom. The van der Waals surface area contributed by atoms with Gasteiger partial charge in [-0.3, -0.25) is 4.79 Å². The van der Waals surface area contributed by atoms with Gasteiger partial charge < -0.3 is 24.4 Å². The molecule has 0 bridgehead atoms. The second-order valence-corrected chi connectivity index (χ2v) is 8.42. The van der Waals surface area contributed by atoms with Crippen LogP contribution in [0.4, 0.5) is 4.79 Å². The minimum absolute atomic E-state index is 0.00323. The summed E-state index contributed by atoms with van der Waals surface area (Å²) in [6, 6.07) is 17.1. The number of cyclic esters (lactones) is 1. The summed E-state index contributed by atoms with van der Waals surface area (Å²) in [6.45, 7) is 2.30. The van der Waals surface area contributed by atoms with Gasteiger partial charge in [0, 0.05) is 24.7 Å². The lowest BCUT2D eigenvalue weighted by Crippen LogP contribution is -2.47. The Hall–Kier alpha value is -3.74. The first-order chi connectivity index (χ1) is 16.1. The summed E-state index contributed by atoms with van der Waals surface area (Å²) < 4.78 is 10.3. The highest BCUT2D eigenvalue weighted by atomic mass is 16.6. The topological polar surface area (TPSA) is 79.3 Å². The molecule has 0 aromatic heterocycles. The van der Waals surface area contributed by atoms with Crippen molar-refractivity contribution in [3.8, 4) is 22.6 Å². The molecule has 0 atom stereocenters. The number of phenols is 1. The predicted octanol–water partition coefficient (Wildman–Crippen LogP) is 4.28. The zero-order valence-electron chi connectivity index (χ0n) is 18.5. The molecule has 7 nitrogen and oxygen atoms in total. The molecular weight excluding hydrogens is 420 g/mol. The molecule has 2 fully saturated rings. The largest absolute Gasteiger partial charge is 0.504 e. The molecule has 2 aliphatic heterocycles. The van der Waals surface area contributed by atoms with Gasteiger partial charge >= 0.3 is 6.09 Å². The van der Waals surface area contributed by atoms with Crippen molar-refractivity contribution in [2.75, 3.05) is 33.4 Å². The van der Waals surface area contributed by atoms with Gasteiger partial charge in [-0.1, -0.05) is 36.4 Å². The summed E-state index contributed by atoms with van der Waals surface area (Å²) in [5.41, 5.74) is 2.53. The quantitative estimate of drug-likeness (QED) is 0.647. The number of likely N-dealkylation sites (tertiary alicyclic amines) is 1. The van der Waals surface area contributed by atoms with Crippen molar-refractivity contribution in [2.45, 2.75) is 18.9 Å². The Morgan fingerprint density at radius 2 is 1.79 bits per heavy atom. The number of aromatic hydroxyl groups is 1. The number of phenolic OH excluding ortho intramolecular Hbond substituents is 1. The third-order valence-corrected chi connectivity index (χ3v) is 6.63. The third-order valence-electron chi connectivity index (χ3n) is 6.63. The third kappa shape index (κ3) is 3.84. The number of nitrogens with zero attached hydrogens (tertiary/aromatic N) is 2. The lowest BCUT2D eigenvalue weighted by molar-refractivity contribution is 0.0660. The average Bonchev–Trinajstić information content (AvgIpc) is 3.29. The van der Waals surface area contributed by atoms with E-state index < -0.39 is 0 Å². The molecule has 2 saturated heterocycles. The highest BCUT2D eigenvalue weighted by molar-refractivity contribution is 6.11. The summed E-state index contributed by atoms with van der Waals surface area (Å²) in [5, 5.41) is 11.8. The Labute approximate surface area is 192 Å². The number of carbonyl (C=O) groups excluding carboxylic acids is 2. The molecule has 3 aromatic rings. The molecule has 0 unspecified atom stereocenters. The van der Waals surface area contributed by atoms with Crippen molar-refractivity contribution < 1.29 is 24.2 Å². The van der Waals surface area contributed by atoms with Gasteiger partial charge in [0.2, 0.25) is 0 Å². The first kappa shape index (κ1) is 21.1.